The van der Waals surface area contributed by atoms with Crippen molar-refractivity contribution in [1.29, 1.82) is 0 Å². The molecule has 0 radical (unpaired) electrons. The van der Waals surface area contributed by atoms with Crippen molar-refractivity contribution in [3.8, 4) is 11.5 Å². The van der Waals surface area contributed by atoms with Crippen LogP contribution in [0.1, 0.15) is 5.56 Å². The summed E-state index contributed by atoms with van der Waals surface area (Å²) in [7, 11) is 0. The first kappa shape index (κ1) is 15.7. The van der Waals surface area contributed by atoms with Crippen molar-refractivity contribution in [2.45, 2.75) is 5.88 Å². The number of halogens is 3. The monoisotopic (exact) mass is 418 g/mol. The maximum atomic E-state index is 5.89. The zero-order valence-corrected chi connectivity index (χ0v) is 14.5. The van der Waals surface area contributed by atoms with Gasteiger partial charge in [0.05, 0.1) is 5.88 Å². The Morgan fingerprint density at radius 3 is 2.20 bits per heavy atom. The highest BCUT2D eigenvalue weighted by Gasteiger charge is 2.03. The van der Waals surface area contributed by atoms with Gasteiger partial charge in [-0.25, -0.2) is 0 Å². The molecule has 106 valence electrons. The van der Waals surface area contributed by atoms with Crippen LogP contribution in [0.15, 0.2) is 51.4 Å². The Labute approximate surface area is 140 Å². The fraction of sp³-hybridized carbons (Fsp3) is 0.200. The van der Waals surface area contributed by atoms with Crippen LogP contribution in [0.25, 0.3) is 0 Å². The Balaban J connectivity index is 1.82. The van der Waals surface area contributed by atoms with Gasteiger partial charge in [0, 0.05) is 14.5 Å². The van der Waals surface area contributed by atoms with Crippen LogP contribution in [0, 0.1) is 0 Å². The normalized spacial score (nSPS) is 10.3. The molecule has 2 nitrogen and oxygen atoms in total. The molecule has 20 heavy (non-hydrogen) atoms. The van der Waals surface area contributed by atoms with E-state index in [1.165, 1.54) is 0 Å². The van der Waals surface area contributed by atoms with Crippen LogP contribution in [-0.2, 0) is 5.88 Å². The van der Waals surface area contributed by atoms with Gasteiger partial charge < -0.3 is 9.47 Å². The van der Waals surface area contributed by atoms with Crippen LogP contribution < -0.4 is 9.47 Å². The Kier molecular flexibility index (Phi) is 6.20. The minimum absolute atomic E-state index is 0.419. The lowest BCUT2D eigenvalue weighted by atomic mass is 10.2. The number of benzene rings is 2. The molecule has 0 saturated heterocycles. The third kappa shape index (κ3) is 4.69. The molecule has 0 bridgehead atoms. The van der Waals surface area contributed by atoms with Gasteiger partial charge in [-0.3, -0.25) is 0 Å². The molecular formula is C15H13Br2ClO2. The molecule has 0 aliphatic heterocycles. The first-order valence-electron chi connectivity index (χ1n) is 6.04. The smallest absolute Gasteiger partial charge is 0.123 e. The molecule has 0 unspecified atom stereocenters. The van der Waals surface area contributed by atoms with E-state index in [-0.39, 0.29) is 0 Å². The summed E-state index contributed by atoms with van der Waals surface area (Å²) >= 11 is 12.7. The molecule has 0 amide bonds. The fourth-order valence-electron chi connectivity index (χ4n) is 1.64. The van der Waals surface area contributed by atoms with Crippen LogP contribution >= 0.6 is 43.5 Å². The first-order valence-corrected chi connectivity index (χ1v) is 8.16. The lowest BCUT2D eigenvalue weighted by molar-refractivity contribution is 0.216. The van der Waals surface area contributed by atoms with Gasteiger partial charge in [-0.1, -0.05) is 31.9 Å². The summed E-state index contributed by atoms with van der Waals surface area (Å²) in [5.74, 6) is 2.04. The summed E-state index contributed by atoms with van der Waals surface area (Å²) in [5.41, 5.74) is 0.963. The van der Waals surface area contributed by atoms with Gasteiger partial charge in [0.1, 0.15) is 24.7 Å². The van der Waals surface area contributed by atoms with Gasteiger partial charge in [0.2, 0.25) is 0 Å². The molecule has 0 saturated carbocycles. The summed E-state index contributed by atoms with van der Waals surface area (Å²) in [6, 6.07) is 13.5. The van der Waals surface area contributed by atoms with Crippen molar-refractivity contribution in [1.82, 2.24) is 0 Å². The molecule has 0 aromatic heterocycles. The Bertz CT molecular complexity index is 558. The van der Waals surface area contributed by atoms with E-state index in [9.17, 15) is 0 Å². The second-order valence-corrected chi connectivity index (χ2v) is 6.14. The average molecular weight is 421 g/mol. The lowest BCUT2D eigenvalue weighted by Gasteiger charge is -2.11. The van der Waals surface area contributed by atoms with Gasteiger partial charge in [0.15, 0.2) is 0 Å². The highest BCUT2D eigenvalue weighted by molar-refractivity contribution is 9.10. The maximum absolute atomic E-state index is 5.89. The molecule has 2 aromatic rings. The summed E-state index contributed by atoms with van der Waals surface area (Å²) in [4.78, 5) is 0. The third-order valence-electron chi connectivity index (χ3n) is 2.59. The number of hydrogen-bond acceptors (Lipinski definition) is 2. The standard InChI is InChI=1S/C15H13Br2ClO2/c16-12-1-4-14(5-2-12)19-7-8-20-15-6-3-13(17)9-11(15)10-18/h1-6,9H,7-8,10H2. The average Bonchev–Trinajstić information content (AvgIpc) is 2.46. The van der Waals surface area contributed by atoms with E-state index in [1.807, 2.05) is 42.5 Å². The molecule has 0 aliphatic rings. The van der Waals surface area contributed by atoms with Crippen LogP contribution in [-0.4, -0.2) is 13.2 Å². The summed E-state index contributed by atoms with van der Waals surface area (Å²) in [6.07, 6.45) is 0. The van der Waals surface area contributed by atoms with Gasteiger partial charge in [-0.05, 0) is 42.5 Å². The molecule has 0 fully saturated rings. The predicted octanol–water partition coefficient (Wildman–Crippen LogP) is 5.41. The van der Waals surface area contributed by atoms with Crippen molar-refractivity contribution >= 4 is 43.5 Å². The van der Waals surface area contributed by atoms with Crippen LogP contribution in [0.3, 0.4) is 0 Å². The Morgan fingerprint density at radius 2 is 1.50 bits per heavy atom. The first-order chi connectivity index (χ1) is 9.69. The maximum Gasteiger partial charge on any atom is 0.123 e. The van der Waals surface area contributed by atoms with Crippen LogP contribution in [0.4, 0.5) is 0 Å². The minimum atomic E-state index is 0.419. The summed E-state index contributed by atoms with van der Waals surface area (Å²) in [6.45, 7) is 0.959. The van der Waals surface area contributed by atoms with Crippen molar-refractivity contribution in [2.75, 3.05) is 13.2 Å². The van der Waals surface area contributed by atoms with Gasteiger partial charge in [-0.2, -0.15) is 0 Å². The molecule has 2 rings (SSSR count). The van der Waals surface area contributed by atoms with E-state index in [1.54, 1.807) is 0 Å². The van der Waals surface area contributed by atoms with E-state index in [2.05, 4.69) is 31.9 Å². The molecular weight excluding hydrogens is 407 g/mol. The highest BCUT2D eigenvalue weighted by Crippen LogP contribution is 2.24. The van der Waals surface area contributed by atoms with Crippen molar-refractivity contribution in [3.05, 3.63) is 57.0 Å². The highest BCUT2D eigenvalue weighted by atomic mass is 79.9. The van der Waals surface area contributed by atoms with Crippen LogP contribution in [0.2, 0.25) is 0 Å². The van der Waals surface area contributed by atoms with E-state index in [0.717, 1.165) is 26.0 Å². The topological polar surface area (TPSA) is 18.5 Å². The van der Waals surface area contributed by atoms with E-state index >= 15 is 0 Å². The summed E-state index contributed by atoms with van der Waals surface area (Å²) < 4.78 is 13.3. The van der Waals surface area contributed by atoms with Gasteiger partial charge in [0.25, 0.3) is 0 Å². The number of alkyl halides is 1. The second kappa shape index (κ2) is 7.91. The van der Waals surface area contributed by atoms with E-state index < -0.39 is 0 Å². The van der Waals surface area contributed by atoms with Gasteiger partial charge >= 0.3 is 0 Å². The molecule has 0 atom stereocenters. The fourth-order valence-corrected chi connectivity index (χ4v) is 2.52. The SMILES string of the molecule is ClCc1cc(Br)ccc1OCCOc1ccc(Br)cc1. The largest absolute Gasteiger partial charge is 0.490 e. The number of rotatable bonds is 6. The second-order valence-electron chi connectivity index (χ2n) is 4.04. The van der Waals surface area contributed by atoms with Gasteiger partial charge in [-0.15, -0.1) is 11.6 Å². The van der Waals surface area contributed by atoms with Crippen molar-refractivity contribution in [2.24, 2.45) is 0 Å². The molecule has 0 heterocycles. The minimum Gasteiger partial charge on any atom is -0.490 e. The quantitative estimate of drug-likeness (QED) is 0.460. The third-order valence-corrected chi connectivity index (χ3v) is 3.90. The van der Waals surface area contributed by atoms with Crippen LogP contribution in [0.5, 0.6) is 11.5 Å². The molecule has 2 aromatic carbocycles. The zero-order valence-electron chi connectivity index (χ0n) is 10.6. The van der Waals surface area contributed by atoms with Crippen molar-refractivity contribution in [3.63, 3.8) is 0 Å². The lowest BCUT2D eigenvalue weighted by Crippen LogP contribution is -2.09. The molecule has 5 heteroatoms. The zero-order chi connectivity index (χ0) is 14.4. The molecule has 0 N–H and O–H groups in total. The Hall–Kier alpha value is -0.710. The van der Waals surface area contributed by atoms with E-state index in [4.69, 9.17) is 21.1 Å². The Morgan fingerprint density at radius 1 is 0.850 bits per heavy atom. The van der Waals surface area contributed by atoms with Crippen molar-refractivity contribution < 1.29 is 9.47 Å². The summed E-state index contributed by atoms with van der Waals surface area (Å²) in [5, 5.41) is 0. The number of hydrogen-bond donors (Lipinski definition) is 0. The number of ether oxygens (including phenoxy) is 2. The molecule has 0 aliphatic carbocycles. The molecule has 0 spiro atoms. The predicted molar refractivity (Wildman–Crippen MR) is 88.8 cm³/mol. The van der Waals surface area contributed by atoms with E-state index in [0.29, 0.717) is 19.1 Å².